The molecule has 2 aromatic rings. The van der Waals surface area contributed by atoms with Gasteiger partial charge < -0.3 is 14.8 Å². The monoisotopic (exact) mass is 468 g/mol. The number of methoxy groups -OCH3 is 1. The van der Waals surface area contributed by atoms with E-state index in [2.05, 4.69) is 5.32 Å². The molecule has 0 atom stereocenters. The molecule has 0 fully saturated rings. The van der Waals surface area contributed by atoms with E-state index in [9.17, 15) is 13.2 Å². The third kappa shape index (κ3) is 7.95. The average molecular weight is 469 g/mol. The van der Waals surface area contributed by atoms with E-state index in [1.54, 1.807) is 12.1 Å². The fourth-order valence-corrected chi connectivity index (χ4v) is 4.14. The molecule has 0 aliphatic carbocycles. The first kappa shape index (κ1) is 24.8. The van der Waals surface area contributed by atoms with Gasteiger partial charge in [0.2, 0.25) is 15.9 Å². The predicted molar refractivity (Wildman–Crippen MR) is 123 cm³/mol. The summed E-state index contributed by atoms with van der Waals surface area (Å²) in [6.07, 6.45) is 1.79. The summed E-state index contributed by atoms with van der Waals surface area (Å²) in [4.78, 5) is 12.2. The highest BCUT2D eigenvalue weighted by atomic mass is 35.5. The van der Waals surface area contributed by atoms with Crippen LogP contribution in [-0.4, -0.2) is 40.3 Å². The van der Waals surface area contributed by atoms with E-state index < -0.39 is 10.0 Å². The number of rotatable bonds is 11. The summed E-state index contributed by atoms with van der Waals surface area (Å²) in [5, 5.41) is 3.17. The van der Waals surface area contributed by atoms with Crippen molar-refractivity contribution in [1.29, 1.82) is 0 Å². The van der Waals surface area contributed by atoms with Crippen molar-refractivity contribution in [2.24, 2.45) is 0 Å². The number of halogens is 1. The topological polar surface area (TPSA) is 84.9 Å². The number of amides is 1. The Kier molecular flexibility index (Phi) is 9.00. The van der Waals surface area contributed by atoms with Crippen LogP contribution in [0.1, 0.15) is 32.3 Å². The molecule has 31 heavy (non-hydrogen) atoms. The number of hydrogen-bond acceptors (Lipinski definition) is 5. The van der Waals surface area contributed by atoms with Crippen LogP contribution < -0.4 is 19.1 Å². The Balaban J connectivity index is 1.88. The number of nitrogens with one attached hydrogen (secondary N) is 1. The minimum atomic E-state index is -3.53. The van der Waals surface area contributed by atoms with Crippen LogP contribution in [0.3, 0.4) is 0 Å². The van der Waals surface area contributed by atoms with E-state index in [-0.39, 0.29) is 25.0 Å². The third-order valence-corrected chi connectivity index (χ3v) is 5.86. The molecule has 2 rings (SSSR count). The van der Waals surface area contributed by atoms with Gasteiger partial charge in [-0.1, -0.05) is 23.7 Å². The highest BCUT2D eigenvalue weighted by Crippen LogP contribution is 2.30. The van der Waals surface area contributed by atoms with Crippen molar-refractivity contribution < 1.29 is 22.7 Å². The van der Waals surface area contributed by atoms with E-state index in [1.165, 1.54) is 17.5 Å². The number of benzene rings is 2. The molecular formula is C22H29ClN2O5S. The largest absolute Gasteiger partial charge is 0.495 e. The van der Waals surface area contributed by atoms with E-state index in [4.69, 9.17) is 21.1 Å². The first-order chi connectivity index (χ1) is 14.6. The Morgan fingerprint density at radius 2 is 1.84 bits per heavy atom. The van der Waals surface area contributed by atoms with Crippen molar-refractivity contribution in [3.8, 4) is 11.5 Å². The molecule has 9 heteroatoms. The Morgan fingerprint density at radius 1 is 1.16 bits per heavy atom. The summed E-state index contributed by atoms with van der Waals surface area (Å²) < 4.78 is 36.4. The number of carbonyl (C=O) groups excluding carboxylic acids is 1. The lowest BCUT2D eigenvalue weighted by Gasteiger charge is -2.23. The summed E-state index contributed by atoms with van der Waals surface area (Å²) in [6, 6.07) is 12.3. The predicted octanol–water partition coefficient (Wildman–Crippen LogP) is 4.00. The first-order valence-corrected chi connectivity index (χ1v) is 12.2. The van der Waals surface area contributed by atoms with Crippen molar-refractivity contribution in [1.82, 2.24) is 5.32 Å². The maximum Gasteiger partial charge on any atom is 0.232 e. The van der Waals surface area contributed by atoms with Crippen LogP contribution >= 0.6 is 11.6 Å². The summed E-state index contributed by atoms with van der Waals surface area (Å²) in [5.74, 6) is 1.09. The Morgan fingerprint density at radius 3 is 2.39 bits per heavy atom. The van der Waals surface area contributed by atoms with Crippen molar-refractivity contribution in [2.45, 2.75) is 39.3 Å². The normalized spacial score (nSPS) is 11.3. The van der Waals surface area contributed by atoms with Gasteiger partial charge in [-0.25, -0.2) is 8.42 Å². The van der Waals surface area contributed by atoms with Gasteiger partial charge in [0, 0.05) is 19.5 Å². The highest BCUT2D eigenvalue weighted by molar-refractivity contribution is 7.92. The molecule has 0 aliphatic heterocycles. The molecule has 0 unspecified atom stereocenters. The van der Waals surface area contributed by atoms with Gasteiger partial charge in [-0.15, -0.1) is 0 Å². The van der Waals surface area contributed by atoms with Crippen LogP contribution in [0.4, 0.5) is 5.69 Å². The highest BCUT2D eigenvalue weighted by Gasteiger charge is 2.19. The van der Waals surface area contributed by atoms with Gasteiger partial charge in [-0.3, -0.25) is 9.10 Å². The fraction of sp³-hybridized carbons (Fsp3) is 0.409. The minimum absolute atomic E-state index is 0.103. The maximum atomic E-state index is 12.2. The van der Waals surface area contributed by atoms with E-state index >= 15 is 0 Å². The van der Waals surface area contributed by atoms with Gasteiger partial charge in [-0.05, 0) is 56.2 Å². The van der Waals surface area contributed by atoms with Crippen molar-refractivity contribution in [3.63, 3.8) is 0 Å². The lowest BCUT2D eigenvalue weighted by atomic mass is 10.2. The number of anilines is 1. The van der Waals surface area contributed by atoms with Crippen molar-refractivity contribution >= 4 is 33.2 Å². The lowest BCUT2D eigenvalue weighted by Crippen LogP contribution is -2.32. The zero-order chi connectivity index (χ0) is 23.0. The van der Waals surface area contributed by atoms with Gasteiger partial charge >= 0.3 is 0 Å². The second-order valence-electron chi connectivity index (χ2n) is 7.34. The molecule has 0 saturated heterocycles. The lowest BCUT2D eigenvalue weighted by molar-refractivity contribution is -0.121. The number of ether oxygens (including phenoxy) is 2. The van der Waals surface area contributed by atoms with E-state index in [0.29, 0.717) is 29.4 Å². The smallest absolute Gasteiger partial charge is 0.232 e. The van der Waals surface area contributed by atoms with Crippen molar-refractivity contribution in [3.05, 3.63) is 53.1 Å². The molecule has 2 aromatic carbocycles. The first-order valence-electron chi connectivity index (χ1n) is 9.93. The van der Waals surface area contributed by atoms with Gasteiger partial charge in [0.15, 0.2) is 0 Å². The summed E-state index contributed by atoms with van der Waals surface area (Å²) in [7, 11) is -2.04. The maximum absolute atomic E-state index is 12.2. The van der Waals surface area contributed by atoms with Crippen LogP contribution in [0.5, 0.6) is 11.5 Å². The molecular weight excluding hydrogens is 440 g/mol. The molecule has 0 radical (unpaired) electrons. The summed E-state index contributed by atoms with van der Waals surface area (Å²) in [6.45, 7) is 4.48. The number of sulfonamides is 1. The summed E-state index contributed by atoms with van der Waals surface area (Å²) in [5.41, 5.74) is 1.38. The quantitative estimate of drug-likeness (QED) is 0.538. The molecule has 0 aromatic heterocycles. The molecule has 170 valence electrons. The Labute approximate surface area is 189 Å². The number of hydrogen-bond donors (Lipinski definition) is 1. The van der Waals surface area contributed by atoms with Gasteiger partial charge in [-0.2, -0.15) is 0 Å². The van der Waals surface area contributed by atoms with E-state index in [1.807, 2.05) is 38.1 Å². The van der Waals surface area contributed by atoms with Crippen molar-refractivity contribution in [2.75, 3.05) is 24.2 Å². The molecule has 0 spiro atoms. The summed E-state index contributed by atoms with van der Waals surface area (Å²) >= 11 is 6.12. The van der Waals surface area contributed by atoms with Crippen LogP contribution in [0, 0.1) is 0 Å². The molecule has 7 nitrogen and oxygen atoms in total. The fourth-order valence-electron chi connectivity index (χ4n) is 2.93. The van der Waals surface area contributed by atoms with Crippen LogP contribution in [0.25, 0.3) is 0 Å². The molecule has 0 bridgehead atoms. The van der Waals surface area contributed by atoms with Gasteiger partial charge in [0.05, 0.1) is 30.2 Å². The zero-order valence-electron chi connectivity index (χ0n) is 18.2. The third-order valence-electron chi connectivity index (χ3n) is 4.37. The average Bonchev–Trinajstić information content (AvgIpc) is 2.69. The molecule has 0 saturated carbocycles. The second kappa shape index (κ2) is 11.2. The second-order valence-corrected chi connectivity index (χ2v) is 9.66. The number of carbonyl (C=O) groups is 1. The van der Waals surface area contributed by atoms with Gasteiger partial charge in [0.1, 0.15) is 11.5 Å². The Hall–Kier alpha value is -2.45. The molecule has 1 N–H and O–H groups in total. The minimum Gasteiger partial charge on any atom is -0.495 e. The van der Waals surface area contributed by atoms with Crippen LogP contribution in [0.2, 0.25) is 5.02 Å². The molecule has 0 aliphatic rings. The van der Waals surface area contributed by atoms with E-state index in [0.717, 1.165) is 17.6 Å². The molecule has 1 amide bonds. The van der Waals surface area contributed by atoms with Crippen LogP contribution in [-0.2, 0) is 21.4 Å². The van der Waals surface area contributed by atoms with Gasteiger partial charge in [0.25, 0.3) is 0 Å². The van der Waals surface area contributed by atoms with Crippen LogP contribution in [0.15, 0.2) is 42.5 Å². The zero-order valence-corrected chi connectivity index (χ0v) is 19.8. The SMILES string of the molecule is COc1ccc(N(CCCC(=O)NCc2ccc(OC(C)C)cc2)S(C)(=O)=O)cc1Cl. The number of nitrogens with zero attached hydrogens (tertiary/aromatic N) is 1. The molecule has 0 heterocycles. The Bertz CT molecular complexity index is 978. The standard InChI is InChI=1S/C22H29ClN2O5S/c1-16(2)30-19-10-7-17(8-11-19)15-24-22(26)6-5-13-25(31(4,27)28)18-9-12-21(29-3)20(23)14-18/h7-12,14,16H,5-6,13,15H2,1-4H3,(H,24,26).